The van der Waals surface area contributed by atoms with Gasteiger partial charge < -0.3 is 16.4 Å². The molecule has 0 aliphatic carbocycles. The first kappa shape index (κ1) is 21.6. The molecule has 1 aromatic heterocycles. The Balaban J connectivity index is 0.00000338. The first-order chi connectivity index (χ1) is 12.0. The summed E-state index contributed by atoms with van der Waals surface area (Å²) >= 11 is 0. The van der Waals surface area contributed by atoms with Crippen LogP contribution in [0.3, 0.4) is 0 Å². The molecule has 0 unspecified atom stereocenters. The number of aromatic amines is 1. The summed E-state index contributed by atoms with van der Waals surface area (Å²) < 4.78 is 0. The van der Waals surface area contributed by atoms with Crippen molar-refractivity contribution in [1.82, 2.24) is 20.5 Å². The molecule has 5 N–H and O–H groups in total. The summed E-state index contributed by atoms with van der Waals surface area (Å²) in [5.74, 6) is 1.03. The third kappa shape index (κ3) is 6.81. The molecule has 26 heavy (non-hydrogen) atoms. The van der Waals surface area contributed by atoms with Gasteiger partial charge in [-0.3, -0.25) is 14.7 Å². The molecule has 0 radical (unpaired) electrons. The third-order valence-electron chi connectivity index (χ3n) is 3.41. The van der Waals surface area contributed by atoms with E-state index >= 15 is 0 Å². The average molecular weight is 381 g/mol. The molecule has 9 heteroatoms. The van der Waals surface area contributed by atoms with Gasteiger partial charge in [-0.1, -0.05) is 0 Å². The van der Waals surface area contributed by atoms with E-state index in [-0.39, 0.29) is 30.3 Å². The zero-order valence-corrected chi connectivity index (χ0v) is 15.7. The van der Waals surface area contributed by atoms with E-state index in [2.05, 4.69) is 25.8 Å². The first-order valence-electron chi connectivity index (χ1n) is 8.29. The van der Waals surface area contributed by atoms with Crippen molar-refractivity contribution in [2.24, 2.45) is 5.73 Å². The van der Waals surface area contributed by atoms with Gasteiger partial charge in [0, 0.05) is 30.1 Å². The van der Waals surface area contributed by atoms with Gasteiger partial charge >= 0.3 is 0 Å². The summed E-state index contributed by atoms with van der Waals surface area (Å²) in [4.78, 5) is 27.7. The Hall–Kier alpha value is -2.45. The molecule has 0 saturated heterocycles. The molecule has 142 valence electrons. The topological polar surface area (TPSA) is 126 Å². The summed E-state index contributed by atoms with van der Waals surface area (Å²) in [6.45, 7) is 4.11. The monoisotopic (exact) mass is 380 g/mol. The van der Waals surface area contributed by atoms with Crippen LogP contribution < -0.4 is 16.4 Å². The summed E-state index contributed by atoms with van der Waals surface area (Å²) in [5, 5.41) is 12.5. The number of hydrogen-bond donors (Lipinski definition) is 4. The molecular weight excluding hydrogens is 356 g/mol. The number of anilines is 1. The molecule has 2 aromatic rings. The minimum Gasteiger partial charge on any atom is -0.354 e. The number of aromatic nitrogens is 3. The van der Waals surface area contributed by atoms with Gasteiger partial charge in [0.05, 0.1) is 6.54 Å². The van der Waals surface area contributed by atoms with Crippen molar-refractivity contribution in [2.75, 3.05) is 5.32 Å². The van der Waals surface area contributed by atoms with E-state index in [1.165, 1.54) is 0 Å². The average Bonchev–Trinajstić information content (AvgIpc) is 3.04. The van der Waals surface area contributed by atoms with Crippen molar-refractivity contribution in [1.29, 1.82) is 0 Å². The van der Waals surface area contributed by atoms with Crippen LogP contribution in [0.4, 0.5) is 5.69 Å². The van der Waals surface area contributed by atoms with Gasteiger partial charge in [-0.2, -0.15) is 5.10 Å². The zero-order valence-electron chi connectivity index (χ0n) is 14.9. The van der Waals surface area contributed by atoms with Gasteiger partial charge in [-0.15, -0.1) is 12.4 Å². The minimum atomic E-state index is -0.117. The summed E-state index contributed by atoms with van der Waals surface area (Å²) in [7, 11) is 0. The van der Waals surface area contributed by atoms with Crippen LogP contribution in [0.15, 0.2) is 24.3 Å². The van der Waals surface area contributed by atoms with E-state index in [1.807, 2.05) is 26.0 Å². The number of nitrogens with two attached hydrogens (primary N) is 1. The fourth-order valence-corrected chi connectivity index (χ4v) is 2.25. The van der Waals surface area contributed by atoms with Crippen LogP contribution in [0.1, 0.15) is 38.9 Å². The minimum absolute atomic E-state index is 0. The van der Waals surface area contributed by atoms with E-state index in [0.717, 1.165) is 5.56 Å². The van der Waals surface area contributed by atoms with E-state index in [0.29, 0.717) is 43.1 Å². The number of carbonyl (C=O) groups excluding carboxylic acids is 2. The second kappa shape index (κ2) is 10.5. The number of halogens is 1. The quantitative estimate of drug-likeness (QED) is 0.557. The van der Waals surface area contributed by atoms with Crippen molar-refractivity contribution in [3.05, 3.63) is 30.1 Å². The number of amides is 2. The summed E-state index contributed by atoms with van der Waals surface area (Å²) in [6, 6.07) is 7.35. The second-order valence-electron chi connectivity index (χ2n) is 6.01. The van der Waals surface area contributed by atoms with Crippen molar-refractivity contribution in [3.8, 4) is 11.4 Å². The fraction of sp³-hybridized carbons (Fsp3) is 0.412. The third-order valence-corrected chi connectivity index (χ3v) is 3.41. The maximum atomic E-state index is 11.9. The van der Waals surface area contributed by atoms with Crippen LogP contribution in [-0.4, -0.2) is 33.0 Å². The van der Waals surface area contributed by atoms with Gasteiger partial charge in [0.25, 0.3) is 0 Å². The van der Waals surface area contributed by atoms with Gasteiger partial charge in [-0.05, 0) is 44.5 Å². The predicted octanol–water partition coefficient (Wildman–Crippen LogP) is 1.99. The second-order valence-corrected chi connectivity index (χ2v) is 6.01. The van der Waals surface area contributed by atoms with Gasteiger partial charge in [0.1, 0.15) is 5.82 Å². The molecule has 0 saturated carbocycles. The highest BCUT2D eigenvalue weighted by molar-refractivity contribution is 5.91. The van der Waals surface area contributed by atoms with Crippen LogP contribution >= 0.6 is 12.4 Å². The number of benzene rings is 1. The smallest absolute Gasteiger partial charge is 0.224 e. The first-order valence-corrected chi connectivity index (χ1v) is 8.29. The number of carbonyl (C=O) groups is 2. The highest BCUT2D eigenvalue weighted by atomic mass is 35.5. The summed E-state index contributed by atoms with van der Waals surface area (Å²) in [5.41, 5.74) is 7.02. The van der Waals surface area contributed by atoms with Gasteiger partial charge in [-0.25, -0.2) is 4.98 Å². The van der Waals surface area contributed by atoms with Crippen molar-refractivity contribution in [3.63, 3.8) is 0 Å². The lowest BCUT2D eigenvalue weighted by atomic mass is 10.2. The maximum absolute atomic E-state index is 11.9. The van der Waals surface area contributed by atoms with Crippen LogP contribution in [0.25, 0.3) is 11.4 Å². The molecule has 1 heterocycles. The number of rotatable bonds is 8. The molecule has 0 fully saturated rings. The standard InChI is InChI=1S/C17H24N6O2.ClH/c1-11(2)19-15(24)4-3-5-16(25)20-13-8-6-12(7-9-13)17-21-14(10-18)22-23-17;/h6-9,11H,3-5,10,18H2,1-2H3,(H,19,24)(H,20,25)(H,21,22,23);1H. The molecule has 2 rings (SSSR count). The number of nitrogens with one attached hydrogen (secondary N) is 3. The maximum Gasteiger partial charge on any atom is 0.224 e. The summed E-state index contributed by atoms with van der Waals surface area (Å²) in [6.07, 6.45) is 1.16. The zero-order chi connectivity index (χ0) is 18.2. The van der Waals surface area contributed by atoms with Gasteiger partial charge in [0.15, 0.2) is 5.82 Å². The molecule has 2 amide bonds. The van der Waals surface area contributed by atoms with Crippen molar-refractivity contribution < 1.29 is 9.59 Å². The Kier molecular flexibility index (Phi) is 8.74. The number of nitrogens with zero attached hydrogens (tertiary/aromatic N) is 2. The van der Waals surface area contributed by atoms with Crippen LogP contribution in [0.5, 0.6) is 0 Å². The molecule has 1 aromatic carbocycles. The van der Waals surface area contributed by atoms with Crippen LogP contribution in [0.2, 0.25) is 0 Å². The number of H-pyrrole nitrogens is 1. The lowest BCUT2D eigenvalue weighted by Crippen LogP contribution is -2.29. The van der Waals surface area contributed by atoms with E-state index in [4.69, 9.17) is 5.73 Å². The molecule has 0 spiro atoms. The highest BCUT2D eigenvalue weighted by Crippen LogP contribution is 2.18. The Morgan fingerprint density at radius 2 is 1.81 bits per heavy atom. The Bertz CT molecular complexity index is 714. The van der Waals surface area contributed by atoms with E-state index in [9.17, 15) is 9.59 Å². The van der Waals surface area contributed by atoms with Crippen molar-refractivity contribution >= 4 is 29.9 Å². The highest BCUT2D eigenvalue weighted by Gasteiger charge is 2.08. The Morgan fingerprint density at radius 1 is 1.15 bits per heavy atom. The largest absolute Gasteiger partial charge is 0.354 e. The fourth-order valence-electron chi connectivity index (χ4n) is 2.25. The normalized spacial score (nSPS) is 10.3. The van der Waals surface area contributed by atoms with Crippen molar-refractivity contribution in [2.45, 2.75) is 45.7 Å². The SMILES string of the molecule is CC(C)NC(=O)CCCC(=O)Nc1ccc(-c2n[nH]c(CN)n2)cc1.Cl. The number of hydrogen-bond acceptors (Lipinski definition) is 5. The predicted molar refractivity (Wildman–Crippen MR) is 103 cm³/mol. The van der Waals surface area contributed by atoms with Gasteiger partial charge in [0.2, 0.25) is 11.8 Å². The molecule has 0 aliphatic rings. The molecule has 0 atom stereocenters. The lowest BCUT2D eigenvalue weighted by Gasteiger charge is -2.08. The molecular formula is C17H25ClN6O2. The lowest BCUT2D eigenvalue weighted by molar-refractivity contribution is -0.121. The Morgan fingerprint density at radius 3 is 2.38 bits per heavy atom. The molecule has 0 bridgehead atoms. The molecule has 8 nitrogen and oxygen atoms in total. The van der Waals surface area contributed by atoms with E-state index < -0.39 is 0 Å². The van der Waals surface area contributed by atoms with E-state index in [1.54, 1.807) is 12.1 Å². The van der Waals surface area contributed by atoms with Crippen LogP contribution in [0, 0.1) is 0 Å². The van der Waals surface area contributed by atoms with Crippen LogP contribution in [-0.2, 0) is 16.1 Å². The Labute approximate surface area is 158 Å². The molecule has 0 aliphatic heterocycles.